The van der Waals surface area contributed by atoms with Gasteiger partial charge in [0.05, 0.1) is 13.1 Å². The van der Waals surface area contributed by atoms with Crippen molar-refractivity contribution in [2.24, 2.45) is 0 Å². The Hall–Kier alpha value is -0.490. The molecule has 0 N–H and O–H groups in total. The van der Waals surface area contributed by atoms with E-state index in [1.807, 2.05) is 0 Å². The number of halogens is 4. The minimum absolute atomic E-state index is 0.0393. The first-order chi connectivity index (χ1) is 6.86. The number of rotatable bonds is 3. The highest BCUT2D eigenvalue weighted by atomic mass is 35.5. The van der Waals surface area contributed by atoms with Crippen LogP contribution >= 0.6 is 11.6 Å². The van der Waals surface area contributed by atoms with Crippen molar-refractivity contribution in [3.05, 3.63) is 0 Å². The van der Waals surface area contributed by atoms with E-state index in [1.165, 1.54) is 6.92 Å². The molecule has 1 amide bonds. The third-order valence-electron chi connectivity index (χ3n) is 2.30. The van der Waals surface area contributed by atoms with Crippen molar-refractivity contribution in [1.82, 2.24) is 4.90 Å². The second kappa shape index (κ2) is 4.17. The van der Waals surface area contributed by atoms with Crippen molar-refractivity contribution >= 4 is 17.5 Å². The molecule has 0 bridgehead atoms. The van der Waals surface area contributed by atoms with Gasteiger partial charge < -0.3 is 9.64 Å². The summed E-state index contributed by atoms with van der Waals surface area (Å²) in [5.41, 5.74) is -2.19. The summed E-state index contributed by atoms with van der Waals surface area (Å²) in [6.45, 7) is 0.522. The summed E-state index contributed by atoms with van der Waals surface area (Å²) in [7, 11) is 0. The fourth-order valence-electron chi connectivity index (χ4n) is 1.46. The van der Waals surface area contributed by atoms with E-state index in [0.717, 1.165) is 4.90 Å². The topological polar surface area (TPSA) is 29.5 Å². The number of ether oxygens (including phenoxy) is 1. The van der Waals surface area contributed by atoms with E-state index in [4.69, 9.17) is 16.3 Å². The molecule has 0 spiro atoms. The number of carbonyl (C=O) groups is 1. The Morgan fingerprint density at radius 3 is 2.40 bits per heavy atom. The summed E-state index contributed by atoms with van der Waals surface area (Å²) in [6, 6.07) is 0. The highest BCUT2D eigenvalue weighted by Crippen LogP contribution is 2.40. The van der Waals surface area contributed by atoms with Gasteiger partial charge in [0.25, 0.3) is 0 Å². The van der Waals surface area contributed by atoms with Gasteiger partial charge in [0.15, 0.2) is 5.60 Å². The number of alkyl halides is 4. The third kappa shape index (κ3) is 2.20. The van der Waals surface area contributed by atoms with Gasteiger partial charge in [-0.3, -0.25) is 4.79 Å². The molecule has 7 heteroatoms. The minimum Gasteiger partial charge on any atom is -0.362 e. The molecule has 15 heavy (non-hydrogen) atoms. The average molecular weight is 246 g/mol. The van der Waals surface area contributed by atoms with Gasteiger partial charge in [-0.1, -0.05) is 0 Å². The molecular formula is C8H11ClF3NO2. The zero-order valence-corrected chi connectivity index (χ0v) is 8.86. The van der Waals surface area contributed by atoms with Crippen LogP contribution in [0.4, 0.5) is 13.2 Å². The van der Waals surface area contributed by atoms with Crippen LogP contribution < -0.4 is 0 Å². The second-order valence-electron chi connectivity index (χ2n) is 3.31. The van der Waals surface area contributed by atoms with Gasteiger partial charge in [-0.05, 0) is 6.92 Å². The summed E-state index contributed by atoms with van der Waals surface area (Å²) in [5.74, 6) is -0.809. The third-order valence-corrected chi connectivity index (χ3v) is 2.53. The molecule has 0 aliphatic carbocycles. The molecule has 88 valence electrons. The van der Waals surface area contributed by atoms with Crippen LogP contribution in [-0.4, -0.2) is 48.2 Å². The number of hydrogen-bond donors (Lipinski definition) is 0. The molecule has 1 heterocycles. The number of likely N-dealkylation sites (tertiary alicyclic amines) is 1. The molecule has 0 aromatic heterocycles. The fraction of sp³-hybridized carbons (Fsp3) is 0.875. The quantitative estimate of drug-likeness (QED) is 0.704. The molecule has 1 aliphatic heterocycles. The second-order valence-corrected chi connectivity index (χ2v) is 3.58. The van der Waals surface area contributed by atoms with E-state index in [1.54, 1.807) is 0 Å². The van der Waals surface area contributed by atoms with Crippen LogP contribution in [0.1, 0.15) is 6.92 Å². The normalized spacial score (nSPS) is 19.9. The van der Waals surface area contributed by atoms with Gasteiger partial charge in [0, 0.05) is 6.61 Å². The maximum absolute atomic E-state index is 12.6. The standard InChI is InChI=1S/C8H11ClF3NO2/c1-2-15-7(8(10,11)12)4-13(5-7)6(14)3-9/h2-5H2,1H3. The van der Waals surface area contributed by atoms with Crippen molar-refractivity contribution in [3.63, 3.8) is 0 Å². The van der Waals surface area contributed by atoms with Gasteiger partial charge in [0.2, 0.25) is 5.91 Å². The van der Waals surface area contributed by atoms with Gasteiger partial charge >= 0.3 is 6.18 Å². The maximum atomic E-state index is 12.6. The average Bonchev–Trinajstić information content (AvgIpc) is 2.07. The number of amides is 1. The molecule has 1 saturated heterocycles. The van der Waals surface area contributed by atoms with Gasteiger partial charge in [0.1, 0.15) is 5.88 Å². The Labute approximate surface area is 90.1 Å². The fourth-order valence-corrected chi connectivity index (χ4v) is 1.63. The van der Waals surface area contributed by atoms with Crippen molar-refractivity contribution in [2.75, 3.05) is 25.6 Å². The van der Waals surface area contributed by atoms with Crippen LogP contribution in [0.5, 0.6) is 0 Å². The molecule has 0 aromatic carbocycles. The highest BCUT2D eigenvalue weighted by molar-refractivity contribution is 6.27. The van der Waals surface area contributed by atoms with Crippen LogP contribution in [0, 0.1) is 0 Å². The zero-order valence-electron chi connectivity index (χ0n) is 8.10. The van der Waals surface area contributed by atoms with Gasteiger partial charge in [-0.15, -0.1) is 11.6 Å². The van der Waals surface area contributed by atoms with Gasteiger partial charge in [-0.25, -0.2) is 0 Å². The smallest absolute Gasteiger partial charge is 0.362 e. The van der Waals surface area contributed by atoms with Crippen molar-refractivity contribution in [3.8, 4) is 0 Å². The molecule has 0 unspecified atom stereocenters. The van der Waals surface area contributed by atoms with Crippen molar-refractivity contribution < 1.29 is 22.7 Å². The SMILES string of the molecule is CCOC1(C(F)(F)F)CN(C(=O)CCl)C1. The first-order valence-corrected chi connectivity index (χ1v) is 4.94. The molecule has 1 aliphatic rings. The van der Waals surface area contributed by atoms with Crippen LogP contribution in [0.3, 0.4) is 0 Å². The number of carbonyl (C=O) groups excluding carboxylic acids is 1. The van der Waals surface area contributed by atoms with Crippen LogP contribution in [0.2, 0.25) is 0 Å². The lowest BCUT2D eigenvalue weighted by Crippen LogP contribution is -2.71. The summed E-state index contributed by atoms with van der Waals surface area (Å²) in [6.07, 6.45) is -4.45. The Balaban J connectivity index is 2.64. The molecular weight excluding hydrogens is 235 g/mol. The van der Waals surface area contributed by atoms with E-state index in [-0.39, 0.29) is 12.5 Å². The molecule has 1 fully saturated rings. The van der Waals surface area contributed by atoms with Gasteiger partial charge in [-0.2, -0.15) is 13.2 Å². The summed E-state index contributed by atoms with van der Waals surface area (Å²) >= 11 is 5.23. The number of hydrogen-bond acceptors (Lipinski definition) is 2. The van der Waals surface area contributed by atoms with E-state index < -0.39 is 30.8 Å². The lowest BCUT2D eigenvalue weighted by Gasteiger charge is -2.49. The van der Waals surface area contributed by atoms with E-state index in [2.05, 4.69) is 0 Å². The molecule has 1 rings (SSSR count). The minimum atomic E-state index is -4.45. The lowest BCUT2D eigenvalue weighted by molar-refractivity contribution is -0.312. The molecule has 3 nitrogen and oxygen atoms in total. The van der Waals surface area contributed by atoms with E-state index in [9.17, 15) is 18.0 Å². The Morgan fingerprint density at radius 1 is 1.53 bits per heavy atom. The lowest BCUT2D eigenvalue weighted by atomic mass is 9.93. The Kier molecular flexibility index (Phi) is 3.50. The largest absolute Gasteiger partial charge is 0.420 e. The maximum Gasteiger partial charge on any atom is 0.420 e. The van der Waals surface area contributed by atoms with Crippen LogP contribution in [0.25, 0.3) is 0 Å². The summed E-state index contributed by atoms with van der Waals surface area (Å²) in [5, 5.41) is 0. The first kappa shape index (κ1) is 12.6. The Bertz CT molecular complexity index is 251. The number of nitrogens with zero attached hydrogens (tertiary/aromatic N) is 1. The Morgan fingerprint density at radius 2 is 2.07 bits per heavy atom. The summed E-state index contributed by atoms with van der Waals surface area (Å²) in [4.78, 5) is 12.0. The van der Waals surface area contributed by atoms with E-state index in [0.29, 0.717) is 0 Å². The predicted octanol–water partition coefficient (Wildman–Crippen LogP) is 1.41. The molecule has 0 radical (unpaired) electrons. The summed E-state index contributed by atoms with van der Waals surface area (Å²) < 4.78 is 42.5. The highest BCUT2D eigenvalue weighted by Gasteiger charge is 2.63. The molecule has 0 atom stereocenters. The van der Waals surface area contributed by atoms with Crippen molar-refractivity contribution in [2.45, 2.75) is 18.7 Å². The molecule has 0 saturated carbocycles. The van der Waals surface area contributed by atoms with Crippen LogP contribution in [0.15, 0.2) is 0 Å². The van der Waals surface area contributed by atoms with E-state index >= 15 is 0 Å². The zero-order chi connectivity index (χ0) is 11.7. The van der Waals surface area contributed by atoms with Crippen LogP contribution in [-0.2, 0) is 9.53 Å². The predicted molar refractivity (Wildman–Crippen MR) is 47.7 cm³/mol. The molecule has 0 aromatic rings. The first-order valence-electron chi connectivity index (χ1n) is 4.40. The monoisotopic (exact) mass is 245 g/mol. The van der Waals surface area contributed by atoms with Crippen molar-refractivity contribution in [1.29, 1.82) is 0 Å².